The van der Waals surface area contributed by atoms with E-state index in [4.69, 9.17) is 14.2 Å². The third kappa shape index (κ3) is 5.00. The van der Waals surface area contributed by atoms with Gasteiger partial charge in [-0.3, -0.25) is 4.79 Å². The number of ether oxygens (including phenoxy) is 3. The van der Waals surface area contributed by atoms with Gasteiger partial charge in [0.15, 0.2) is 12.1 Å². The Morgan fingerprint density at radius 3 is 2.41 bits per heavy atom. The summed E-state index contributed by atoms with van der Waals surface area (Å²) in [6, 6.07) is 9.51. The maximum Gasteiger partial charge on any atom is 0.174 e. The van der Waals surface area contributed by atoms with Gasteiger partial charge in [0, 0.05) is 12.1 Å². The van der Waals surface area contributed by atoms with Crippen LogP contribution in [0.4, 0.5) is 0 Å². The van der Waals surface area contributed by atoms with E-state index in [0.29, 0.717) is 5.75 Å². The molecule has 2 aromatic carbocycles. The van der Waals surface area contributed by atoms with Crippen LogP contribution in [0.1, 0.15) is 28.4 Å². The molecule has 0 aromatic heterocycles. The van der Waals surface area contributed by atoms with E-state index in [2.05, 4.69) is 0 Å². The van der Waals surface area contributed by atoms with Gasteiger partial charge < -0.3 is 44.5 Å². The number of Topliss-reactive ketones (excluding diaryl/α,β-unsaturated/α-hetero) is 1. The average Bonchev–Trinajstić information content (AvgIpc) is 2.80. The molecule has 5 atom stereocenters. The van der Waals surface area contributed by atoms with Crippen molar-refractivity contribution in [1.29, 1.82) is 0 Å². The van der Waals surface area contributed by atoms with Crippen molar-refractivity contribution in [2.75, 3.05) is 13.7 Å². The summed E-state index contributed by atoms with van der Waals surface area (Å²) in [7, 11) is 1.54. The number of aldehydes is 1. The van der Waals surface area contributed by atoms with E-state index < -0.39 is 37.1 Å². The fourth-order valence-electron chi connectivity index (χ4n) is 3.29. The Morgan fingerprint density at radius 2 is 1.78 bits per heavy atom. The Morgan fingerprint density at radius 1 is 1.09 bits per heavy atom. The number of hydrogen-bond donors (Lipinski definition) is 5. The van der Waals surface area contributed by atoms with Crippen molar-refractivity contribution in [3.05, 3.63) is 47.5 Å². The smallest absolute Gasteiger partial charge is 0.174 e. The molecule has 0 aliphatic carbocycles. The van der Waals surface area contributed by atoms with Crippen molar-refractivity contribution in [2.24, 2.45) is 0 Å². The highest BCUT2D eigenvalue weighted by molar-refractivity contribution is 6.02. The molecule has 0 unspecified atom stereocenters. The number of aliphatic hydroxyl groups excluding tert-OH is 4. The van der Waals surface area contributed by atoms with E-state index in [1.807, 2.05) is 0 Å². The van der Waals surface area contributed by atoms with Gasteiger partial charge in [0.1, 0.15) is 65.7 Å². The number of hydrogen-bond acceptors (Lipinski definition) is 10. The van der Waals surface area contributed by atoms with Crippen molar-refractivity contribution >= 4 is 12.1 Å². The third-order valence-corrected chi connectivity index (χ3v) is 5.12. The number of benzene rings is 2. The molecule has 0 fully saturated rings. The number of methoxy groups -OCH3 is 1. The highest BCUT2D eigenvalue weighted by Crippen LogP contribution is 2.42. The van der Waals surface area contributed by atoms with Crippen LogP contribution < -0.4 is 14.2 Å². The van der Waals surface area contributed by atoms with Crippen LogP contribution in [0.25, 0.3) is 0 Å². The average molecular weight is 448 g/mol. The van der Waals surface area contributed by atoms with Crippen molar-refractivity contribution in [3.63, 3.8) is 0 Å². The van der Waals surface area contributed by atoms with Crippen LogP contribution in [0.2, 0.25) is 0 Å². The lowest BCUT2D eigenvalue weighted by Gasteiger charge is -2.27. The quantitative estimate of drug-likeness (QED) is 0.333. The minimum Gasteiger partial charge on any atom is -0.507 e. The largest absolute Gasteiger partial charge is 0.507 e. The van der Waals surface area contributed by atoms with Gasteiger partial charge in [0.25, 0.3) is 0 Å². The normalized spacial score (nSPS) is 19.2. The number of fused-ring (bicyclic) bond motifs is 1. The Labute approximate surface area is 183 Å². The minimum absolute atomic E-state index is 0.00669. The van der Waals surface area contributed by atoms with Gasteiger partial charge in [-0.15, -0.1) is 0 Å². The van der Waals surface area contributed by atoms with Gasteiger partial charge in [0.05, 0.1) is 13.5 Å². The first-order valence-corrected chi connectivity index (χ1v) is 9.76. The summed E-state index contributed by atoms with van der Waals surface area (Å²) in [5, 5.41) is 48.9. The summed E-state index contributed by atoms with van der Waals surface area (Å²) in [6.07, 6.45) is -7.85. The summed E-state index contributed by atoms with van der Waals surface area (Å²) in [4.78, 5) is 23.1. The Balaban J connectivity index is 1.74. The molecule has 0 saturated carbocycles. The second-order valence-corrected chi connectivity index (χ2v) is 7.31. The van der Waals surface area contributed by atoms with Gasteiger partial charge in [-0.25, -0.2) is 0 Å². The van der Waals surface area contributed by atoms with E-state index in [1.54, 1.807) is 24.3 Å². The van der Waals surface area contributed by atoms with Crippen LogP contribution in [0.3, 0.4) is 0 Å². The number of phenols is 1. The molecule has 5 N–H and O–H groups in total. The van der Waals surface area contributed by atoms with Crippen molar-refractivity contribution in [3.8, 4) is 23.0 Å². The molecule has 172 valence electrons. The molecule has 32 heavy (non-hydrogen) atoms. The lowest BCUT2D eigenvalue weighted by molar-refractivity contribution is -0.135. The van der Waals surface area contributed by atoms with Gasteiger partial charge in [-0.05, 0) is 17.7 Å². The second kappa shape index (κ2) is 9.96. The lowest BCUT2D eigenvalue weighted by Crippen LogP contribution is -2.47. The van der Waals surface area contributed by atoms with E-state index in [-0.39, 0.29) is 41.3 Å². The topological polar surface area (TPSA) is 163 Å². The third-order valence-electron chi connectivity index (χ3n) is 5.12. The number of aromatic hydroxyl groups is 1. The highest BCUT2D eigenvalue weighted by atomic mass is 16.5. The predicted molar refractivity (Wildman–Crippen MR) is 109 cm³/mol. The SMILES string of the molecule is COc1ccc([C@H]2CC(=O)c3c(O)cc(OC[C@@H](O)[C@@H](O)[C@H](O)[C@@H](O)C=O)cc3O2)cc1. The van der Waals surface area contributed by atoms with Crippen LogP contribution in [-0.2, 0) is 4.79 Å². The summed E-state index contributed by atoms with van der Waals surface area (Å²) in [5.74, 6) is 0.0699. The maximum absolute atomic E-state index is 12.6. The molecule has 0 radical (unpaired) electrons. The molecule has 10 nitrogen and oxygen atoms in total. The molecule has 10 heteroatoms. The zero-order valence-corrected chi connectivity index (χ0v) is 17.1. The maximum atomic E-state index is 12.6. The standard InChI is InChI=1S/C22H24O10/c1-30-12-4-2-11(3-5-12)18-8-15(25)20-14(24)6-13(7-19(20)32-18)31-10-17(27)22(29)21(28)16(26)9-23/h2-7,9,16-18,21-22,24,26-29H,8,10H2,1H3/t16-,17+,18+,21+,22+/m0/s1. The molecule has 3 rings (SSSR count). The Bertz CT molecular complexity index is 958. The molecular weight excluding hydrogens is 424 g/mol. The number of carbonyl (C=O) groups excluding carboxylic acids is 2. The fourth-order valence-corrected chi connectivity index (χ4v) is 3.29. The van der Waals surface area contributed by atoms with E-state index >= 15 is 0 Å². The van der Waals surface area contributed by atoms with Gasteiger partial charge in [0.2, 0.25) is 0 Å². The van der Waals surface area contributed by atoms with Gasteiger partial charge in [-0.2, -0.15) is 0 Å². The predicted octanol–water partition coefficient (Wildman–Crippen LogP) is 0.129. The summed E-state index contributed by atoms with van der Waals surface area (Å²) in [6.45, 7) is -0.544. The summed E-state index contributed by atoms with van der Waals surface area (Å²) >= 11 is 0. The van der Waals surface area contributed by atoms with Crippen LogP contribution in [-0.4, -0.2) is 75.7 Å². The zero-order valence-electron chi connectivity index (χ0n) is 17.1. The first kappa shape index (κ1) is 23.5. The molecular formula is C22H24O10. The molecule has 1 aliphatic rings. The van der Waals surface area contributed by atoms with Crippen molar-refractivity contribution in [1.82, 2.24) is 0 Å². The first-order valence-electron chi connectivity index (χ1n) is 9.76. The number of rotatable bonds is 9. The Kier molecular flexibility index (Phi) is 7.31. The Hall–Kier alpha value is -3.18. The minimum atomic E-state index is -1.91. The molecule has 1 heterocycles. The summed E-state index contributed by atoms with van der Waals surface area (Å²) < 4.78 is 16.4. The van der Waals surface area contributed by atoms with Crippen molar-refractivity contribution < 1.29 is 49.3 Å². The number of phenolic OH excluding ortho intramolecular Hbond substituents is 1. The highest BCUT2D eigenvalue weighted by Gasteiger charge is 2.32. The molecule has 2 aromatic rings. The van der Waals surface area contributed by atoms with E-state index in [9.17, 15) is 35.1 Å². The number of aliphatic hydroxyl groups is 4. The first-order chi connectivity index (χ1) is 15.2. The van der Waals surface area contributed by atoms with Crippen LogP contribution >= 0.6 is 0 Å². The number of carbonyl (C=O) groups is 2. The monoisotopic (exact) mass is 448 g/mol. The number of ketones is 1. The van der Waals surface area contributed by atoms with Crippen LogP contribution in [0.15, 0.2) is 36.4 Å². The molecule has 1 aliphatic heterocycles. The summed E-state index contributed by atoms with van der Waals surface area (Å²) in [5.41, 5.74) is 0.740. The fraction of sp³-hybridized carbons (Fsp3) is 0.364. The van der Waals surface area contributed by atoms with Crippen LogP contribution in [0, 0.1) is 0 Å². The van der Waals surface area contributed by atoms with Crippen LogP contribution in [0.5, 0.6) is 23.0 Å². The van der Waals surface area contributed by atoms with Gasteiger partial charge in [-0.1, -0.05) is 12.1 Å². The second-order valence-electron chi connectivity index (χ2n) is 7.31. The molecule has 0 bridgehead atoms. The molecule has 0 amide bonds. The van der Waals surface area contributed by atoms with E-state index in [0.717, 1.165) is 11.6 Å². The lowest BCUT2D eigenvalue weighted by atomic mass is 9.95. The zero-order chi connectivity index (χ0) is 23.4. The van der Waals surface area contributed by atoms with Crippen molar-refractivity contribution in [2.45, 2.75) is 36.9 Å². The van der Waals surface area contributed by atoms with E-state index in [1.165, 1.54) is 13.2 Å². The molecule has 0 saturated heterocycles. The molecule has 0 spiro atoms. The van der Waals surface area contributed by atoms with Gasteiger partial charge >= 0.3 is 0 Å².